The van der Waals surface area contributed by atoms with Crippen molar-refractivity contribution in [3.05, 3.63) is 36.0 Å². The highest BCUT2D eigenvalue weighted by atomic mass is 15.3. The zero-order valence-corrected chi connectivity index (χ0v) is 14.7. The Morgan fingerprint density at radius 3 is 2.83 bits per heavy atom. The van der Waals surface area contributed by atoms with Crippen molar-refractivity contribution in [3.63, 3.8) is 0 Å². The molecule has 0 unspecified atom stereocenters. The number of aromatic amines is 1. The first-order valence-corrected chi connectivity index (χ1v) is 8.80. The Kier molecular flexibility index (Phi) is 6.98. The van der Waals surface area contributed by atoms with E-state index in [1.54, 1.807) is 0 Å². The number of rotatable bonds is 8. The molecule has 0 aliphatic heterocycles. The number of hydrogen-bond acceptors (Lipinski definition) is 1. The molecule has 0 fully saturated rings. The first-order chi connectivity index (χ1) is 11.3. The van der Waals surface area contributed by atoms with Gasteiger partial charge in [-0.15, -0.1) is 0 Å². The van der Waals surface area contributed by atoms with Crippen LogP contribution in [0.2, 0.25) is 0 Å². The van der Waals surface area contributed by atoms with Crippen LogP contribution in [0, 0.1) is 0 Å². The van der Waals surface area contributed by atoms with Gasteiger partial charge in [-0.05, 0) is 37.8 Å². The molecule has 0 saturated heterocycles. The summed E-state index contributed by atoms with van der Waals surface area (Å²) < 4.78 is 0. The summed E-state index contributed by atoms with van der Waals surface area (Å²) in [4.78, 5) is 10.3. The van der Waals surface area contributed by atoms with Crippen LogP contribution in [0.4, 0.5) is 0 Å². The van der Waals surface area contributed by atoms with Crippen LogP contribution in [-0.4, -0.2) is 42.5 Å². The number of aliphatic imine (C=N–C) groups is 1. The van der Waals surface area contributed by atoms with E-state index in [2.05, 4.69) is 66.6 Å². The number of H-pyrrole nitrogens is 1. The average Bonchev–Trinajstić information content (AvgIpc) is 2.98. The molecule has 126 valence electrons. The molecule has 0 aliphatic rings. The molecule has 4 heteroatoms. The van der Waals surface area contributed by atoms with E-state index in [1.165, 1.54) is 29.3 Å². The number of hydrogen-bond donors (Lipinski definition) is 2. The maximum absolute atomic E-state index is 4.77. The third-order valence-corrected chi connectivity index (χ3v) is 4.08. The summed E-state index contributed by atoms with van der Waals surface area (Å²) in [6.45, 7) is 7.18. The van der Waals surface area contributed by atoms with Crippen molar-refractivity contribution < 1.29 is 0 Å². The summed E-state index contributed by atoms with van der Waals surface area (Å²) in [6.07, 6.45) is 6.68. The van der Waals surface area contributed by atoms with Crippen molar-refractivity contribution in [2.45, 2.75) is 39.5 Å². The van der Waals surface area contributed by atoms with Gasteiger partial charge in [0.25, 0.3) is 0 Å². The Labute approximate surface area is 140 Å². The number of aromatic nitrogens is 1. The van der Waals surface area contributed by atoms with Gasteiger partial charge < -0.3 is 15.2 Å². The third-order valence-electron chi connectivity index (χ3n) is 4.08. The van der Waals surface area contributed by atoms with E-state index < -0.39 is 0 Å². The molecular formula is C19H30N4. The third kappa shape index (κ3) is 5.02. The quantitative estimate of drug-likeness (QED) is 0.442. The van der Waals surface area contributed by atoms with Gasteiger partial charge in [-0.25, -0.2) is 0 Å². The van der Waals surface area contributed by atoms with Crippen molar-refractivity contribution in [3.8, 4) is 0 Å². The number of nitrogens with zero attached hydrogens (tertiary/aromatic N) is 2. The van der Waals surface area contributed by atoms with Gasteiger partial charge in [0.05, 0.1) is 0 Å². The van der Waals surface area contributed by atoms with Crippen LogP contribution in [0.1, 0.15) is 38.7 Å². The summed E-state index contributed by atoms with van der Waals surface area (Å²) in [6, 6.07) is 8.49. The van der Waals surface area contributed by atoms with Crippen molar-refractivity contribution in [2.75, 3.05) is 26.7 Å². The minimum atomic E-state index is 0.859. The monoisotopic (exact) mass is 314 g/mol. The minimum Gasteiger partial charge on any atom is -0.361 e. The fourth-order valence-electron chi connectivity index (χ4n) is 2.76. The van der Waals surface area contributed by atoms with Crippen molar-refractivity contribution >= 4 is 16.9 Å². The fourth-order valence-corrected chi connectivity index (χ4v) is 2.76. The maximum atomic E-state index is 4.77. The first-order valence-electron chi connectivity index (χ1n) is 8.80. The number of fused-ring (bicyclic) bond motifs is 1. The van der Waals surface area contributed by atoms with Gasteiger partial charge in [-0.1, -0.05) is 31.5 Å². The van der Waals surface area contributed by atoms with E-state index >= 15 is 0 Å². The lowest BCUT2D eigenvalue weighted by Gasteiger charge is -2.21. The molecule has 23 heavy (non-hydrogen) atoms. The van der Waals surface area contributed by atoms with Crippen LogP contribution in [0.15, 0.2) is 35.5 Å². The van der Waals surface area contributed by atoms with Crippen LogP contribution in [0.5, 0.6) is 0 Å². The van der Waals surface area contributed by atoms with Gasteiger partial charge in [-0.2, -0.15) is 0 Å². The summed E-state index contributed by atoms with van der Waals surface area (Å²) >= 11 is 0. The van der Waals surface area contributed by atoms with E-state index in [9.17, 15) is 0 Å². The minimum absolute atomic E-state index is 0.859. The summed E-state index contributed by atoms with van der Waals surface area (Å²) in [7, 11) is 2.12. The molecule has 1 heterocycles. The lowest BCUT2D eigenvalue weighted by molar-refractivity contribution is 0.464. The Bertz CT molecular complexity index is 615. The maximum Gasteiger partial charge on any atom is 0.193 e. The van der Waals surface area contributed by atoms with Gasteiger partial charge >= 0.3 is 0 Å². The smallest absolute Gasteiger partial charge is 0.193 e. The number of benzene rings is 1. The van der Waals surface area contributed by atoms with Gasteiger partial charge in [0.1, 0.15) is 0 Å². The molecule has 0 spiro atoms. The number of nitrogens with one attached hydrogen (secondary N) is 2. The average molecular weight is 314 g/mol. The summed E-state index contributed by atoms with van der Waals surface area (Å²) in [5.74, 6) is 1.03. The largest absolute Gasteiger partial charge is 0.361 e. The van der Waals surface area contributed by atoms with Crippen LogP contribution < -0.4 is 5.32 Å². The van der Waals surface area contributed by atoms with Crippen LogP contribution in [-0.2, 0) is 6.42 Å². The zero-order chi connectivity index (χ0) is 16.5. The topological polar surface area (TPSA) is 43.4 Å². The second kappa shape index (κ2) is 9.23. The molecule has 0 saturated carbocycles. The van der Waals surface area contributed by atoms with E-state index in [0.29, 0.717) is 0 Å². The predicted molar refractivity (Wildman–Crippen MR) is 100 cm³/mol. The van der Waals surface area contributed by atoms with Gasteiger partial charge in [0.15, 0.2) is 5.96 Å². The molecule has 0 atom stereocenters. The molecule has 2 aromatic rings. The molecule has 0 amide bonds. The molecule has 4 nitrogen and oxygen atoms in total. The van der Waals surface area contributed by atoms with Crippen molar-refractivity contribution in [2.24, 2.45) is 4.99 Å². The van der Waals surface area contributed by atoms with E-state index in [-0.39, 0.29) is 0 Å². The highest BCUT2D eigenvalue weighted by molar-refractivity contribution is 5.83. The van der Waals surface area contributed by atoms with Crippen LogP contribution in [0.25, 0.3) is 10.9 Å². The van der Waals surface area contributed by atoms with Crippen LogP contribution >= 0.6 is 0 Å². The zero-order valence-electron chi connectivity index (χ0n) is 14.7. The van der Waals surface area contributed by atoms with E-state index in [4.69, 9.17) is 4.99 Å². The molecule has 1 aromatic carbocycles. The first kappa shape index (κ1) is 17.4. The Morgan fingerprint density at radius 2 is 2.04 bits per heavy atom. The van der Waals surface area contributed by atoms with Crippen LogP contribution in [0.3, 0.4) is 0 Å². The Hall–Kier alpha value is -1.97. The van der Waals surface area contributed by atoms with E-state index in [0.717, 1.165) is 38.4 Å². The van der Waals surface area contributed by atoms with E-state index in [1.807, 2.05) is 0 Å². The standard InChI is InChI=1S/C19H30N4/c1-4-6-14-23(3)19(20-5-2)21-13-9-10-16-15-22-18-12-8-7-11-17(16)18/h7-8,11-12,15,22H,4-6,9-10,13-14H2,1-3H3,(H,20,21). The summed E-state index contributed by atoms with van der Waals surface area (Å²) in [5.41, 5.74) is 2.61. The number of aryl methyl sites for hydroxylation is 1. The molecule has 1 aromatic heterocycles. The molecule has 2 N–H and O–H groups in total. The number of unbranched alkanes of at least 4 members (excludes halogenated alkanes) is 1. The highest BCUT2D eigenvalue weighted by Crippen LogP contribution is 2.18. The molecule has 0 aliphatic carbocycles. The van der Waals surface area contributed by atoms with Crippen molar-refractivity contribution in [1.82, 2.24) is 15.2 Å². The molecular weight excluding hydrogens is 284 g/mol. The van der Waals surface area contributed by atoms with Gasteiger partial charge in [-0.3, -0.25) is 4.99 Å². The lowest BCUT2D eigenvalue weighted by Crippen LogP contribution is -2.39. The highest BCUT2D eigenvalue weighted by Gasteiger charge is 2.05. The van der Waals surface area contributed by atoms with Gasteiger partial charge in [0.2, 0.25) is 0 Å². The molecule has 0 bridgehead atoms. The van der Waals surface area contributed by atoms with Gasteiger partial charge in [0, 0.05) is 43.8 Å². The van der Waals surface area contributed by atoms with Crippen molar-refractivity contribution in [1.29, 1.82) is 0 Å². The second-order valence-electron chi connectivity index (χ2n) is 5.97. The SMILES string of the molecule is CCCCN(C)C(=NCCCc1c[nH]c2ccccc12)NCC. The fraction of sp³-hybridized carbons (Fsp3) is 0.526. The molecule has 0 radical (unpaired) electrons. The lowest BCUT2D eigenvalue weighted by atomic mass is 10.1. The Balaban J connectivity index is 1.88. The molecule has 2 rings (SSSR count). The number of guanidine groups is 1. The second-order valence-corrected chi connectivity index (χ2v) is 5.97. The number of para-hydroxylation sites is 1. The Morgan fingerprint density at radius 1 is 1.22 bits per heavy atom. The predicted octanol–water partition coefficient (Wildman–Crippen LogP) is 3.80. The summed E-state index contributed by atoms with van der Waals surface area (Å²) in [5, 5.41) is 4.72. The normalized spacial score (nSPS) is 11.9.